The number of nitrogens with zero attached hydrogens (tertiary/aromatic N) is 9. The van der Waals surface area contributed by atoms with Crippen molar-refractivity contribution in [3.05, 3.63) is 19.0 Å². The second kappa shape index (κ2) is 5.18. The molecule has 3 heterocycles. The zero-order valence-electron chi connectivity index (χ0n) is 10.2. The molecule has 12 heteroatoms. The predicted octanol–water partition coefficient (Wildman–Crippen LogP) is -0.982. The molecule has 11 nitrogen and oxygen atoms in total. The van der Waals surface area contributed by atoms with E-state index in [1.54, 1.807) is 11.7 Å². The molecule has 0 amide bonds. The van der Waals surface area contributed by atoms with E-state index >= 15 is 0 Å². The Morgan fingerprint density at radius 3 is 2.75 bits per heavy atom. The highest BCUT2D eigenvalue weighted by Crippen LogP contribution is 2.22. The highest BCUT2D eigenvalue weighted by molar-refractivity contribution is 7.99. The van der Waals surface area contributed by atoms with Crippen LogP contribution in [0.25, 0.3) is 5.95 Å². The number of rotatable bonds is 4. The Labute approximate surface area is 116 Å². The third-order valence-corrected chi connectivity index (χ3v) is 3.13. The third kappa shape index (κ3) is 2.41. The average Bonchev–Trinajstić information content (AvgIpc) is 3.11. The second-order valence-corrected chi connectivity index (χ2v) is 4.43. The number of hydrogen-bond donors (Lipinski definition) is 2. The summed E-state index contributed by atoms with van der Waals surface area (Å²) >= 11 is 1.23. The molecule has 0 aliphatic heterocycles. The number of aromatic nitrogens is 9. The number of aryl methyl sites for hydroxylation is 1. The van der Waals surface area contributed by atoms with Gasteiger partial charge in [-0.3, -0.25) is 5.43 Å². The van der Waals surface area contributed by atoms with Gasteiger partial charge in [-0.25, -0.2) is 20.5 Å². The van der Waals surface area contributed by atoms with Crippen molar-refractivity contribution >= 4 is 17.7 Å². The lowest BCUT2D eigenvalue weighted by Crippen LogP contribution is -2.14. The Kier molecular flexibility index (Phi) is 3.22. The zero-order valence-corrected chi connectivity index (χ0v) is 11.1. The molecule has 3 rings (SSSR count). The monoisotopic (exact) mass is 291 g/mol. The lowest BCUT2D eigenvalue weighted by Gasteiger charge is -2.05. The Morgan fingerprint density at radius 1 is 1.20 bits per heavy atom. The molecule has 20 heavy (non-hydrogen) atoms. The molecule has 3 aromatic heterocycles. The first-order valence-electron chi connectivity index (χ1n) is 5.36. The molecule has 0 aromatic carbocycles. The van der Waals surface area contributed by atoms with Gasteiger partial charge in [0.2, 0.25) is 11.1 Å². The number of anilines is 1. The second-order valence-electron chi connectivity index (χ2n) is 3.49. The van der Waals surface area contributed by atoms with Crippen molar-refractivity contribution in [1.29, 1.82) is 0 Å². The van der Waals surface area contributed by atoms with Crippen LogP contribution >= 0.6 is 11.8 Å². The predicted molar refractivity (Wildman–Crippen MR) is 67.7 cm³/mol. The van der Waals surface area contributed by atoms with E-state index in [1.165, 1.54) is 35.4 Å². The maximum atomic E-state index is 5.35. The lowest BCUT2D eigenvalue weighted by atomic mass is 10.8. The topological polar surface area (TPSA) is 138 Å². The molecular weight excluding hydrogens is 282 g/mol. The maximum absolute atomic E-state index is 5.35. The summed E-state index contributed by atoms with van der Waals surface area (Å²) in [5, 5.41) is 8.99. The summed E-state index contributed by atoms with van der Waals surface area (Å²) in [6.45, 7) is 0. The van der Waals surface area contributed by atoms with Gasteiger partial charge in [0.1, 0.15) is 19.0 Å². The number of hydrazine groups is 1. The minimum Gasteiger partial charge on any atom is -0.292 e. The molecule has 0 aliphatic carbocycles. The van der Waals surface area contributed by atoms with Crippen LogP contribution in [0.15, 0.2) is 29.3 Å². The molecule has 102 valence electrons. The van der Waals surface area contributed by atoms with Gasteiger partial charge in [-0.2, -0.15) is 29.8 Å². The van der Waals surface area contributed by atoms with E-state index in [-0.39, 0.29) is 5.95 Å². The van der Waals surface area contributed by atoms with Gasteiger partial charge in [0.05, 0.1) is 0 Å². The van der Waals surface area contributed by atoms with E-state index in [0.29, 0.717) is 16.3 Å². The lowest BCUT2D eigenvalue weighted by molar-refractivity contribution is 0.682. The van der Waals surface area contributed by atoms with E-state index < -0.39 is 0 Å². The highest BCUT2D eigenvalue weighted by atomic mass is 32.2. The summed E-state index contributed by atoms with van der Waals surface area (Å²) < 4.78 is 3.02. The summed E-state index contributed by atoms with van der Waals surface area (Å²) in [4.78, 5) is 20.4. The van der Waals surface area contributed by atoms with Crippen LogP contribution in [-0.4, -0.2) is 44.5 Å². The fourth-order valence-electron chi connectivity index (χ4n) is 1.33. The van der Waals surface area contributed by atoms with Gasteiger partial charge < -0.3 is 0 Å². The van der Waals surface area contributed by atoms with Crippen LogP contribution in [0.1, 0.15) is 0 Å². The SMILES string of the molecule is Cn1ncnc1Sc1nc(NN)nc(-n2cncn2)n1. The first-order chi connectivity index (χ1) is 9.76. The summed E-state index contributed by atoms with van der Waals surface area (Å²) in [7, 11) is 1.77. The Morgan fingerprint density at radius 2 is 2.10 bits per heavy atom. The smallest absolute Gasteiger partial charge is 0.257 e. The molecule has 0 unspecified atom stereocenters. The van der Waals surface area contributed by atoms with E-state index in [4.69, 9.17) is 5.84 Å². The minimum absolute atomic E-state index is 0.218. The van der Waals surface area contributed by atoms with Crippen LogP contribution in [0.5, 0.6) is 0 Å². The van der Waals surface area contributed by atoms with Crippen LogP contribution < -0.4 is 11.3 Å². The Hall–Kier alpha value is -2.60. The van der Waals surface area contributed by atoms with Crippen LogP contribution in [0, 0.1) is 0 Å². The van der Waals surface area contributed by atoms with E-state index in [1.807, 2.05) is 0 Å². The van der Waals surface area contributed by atoms with Crippen molar-refractivity contribution in [2.75, 3.05) is 5.43 Å². The van der Waals surface area contributed by atoms with Crippen LogP contribution in [0.4, 0.5) is 5.95 Å². The number of nitrogens with one attached hydrogen (secondary N) is 1. The fourth-order valence-corrected chi connectivity index (χ4v) is 2.03. The Bertz CT molecular complexity index is 705. The zero-order chi connectivity index (χ0) is 13.9. The van der Waals surface area contributed by atoms with Gasteiger partial charge in [0.25, 0.3) is 5.95 Å². The molecule has 0 spiro atoms. The third-order valence-electron chi connectivity index (χ3n) is 2.21. The number of hydrogen-bond acceptors (Lipinski definition) is 10. The highest BCUT2D eigenvalue weighted by Gasteiger charge is 2.12. The van der Waals surface area contributed by atoms with Gasteiger partial charge in [0.15, 0.2) is 5.16 Å². The Balaban J connectivity index is 1.98. The molecule has 0 atom stereocenters. The molecule has 3 N–H and O–H groups in total. The number of nitrogens with two attached hydrogens (primary N) is 1. The number of nitrogen functional groups attached to an aromatic ring is 1. The molecule has 0 saturated heterocycles. The first kappa shape index (κ1) is 12.4. The van der Waals surface area contributed by atoms with E-state index in [9.17, 15) is 0 Å². The summed E-state index contributed by atoms with van der Waals surface area (Å²) in [6, 6.07) is 0. The largest absolute Gasteiger partial charge is 0.292 e. The standard InChI is InChI=1S/C8H9N11S/c1-18-8(11-3-12-18)20-7-15-5(17-9)14-6(16-7)19-4-10-2-13-19/h2-4H,9H2,1H3,(H,14,15,16,17). The molecule has 0 fully saturated rings. The van der Waals surface area contributed by atoms with Gasteiger partial charge in [-0.1, -0.05) is 0 Å². The van der Waals surface area contributed by atoms with Crippen molar-refractivity contribution < 1.29 is 0 Å². The summed E-state index contributed by atoms with van der Waals surface area (Å²) in [6.07, 6.45) is 4.31. The van der Waals surface area contributed by atoms with Crippen LogP contribution in [0.3, 0.4) is 0 Å². The summed E-state index contributed by atoms with van der Waals surface area (Å²) in [5.74, 6) is 5.87. The van der Waals surface area contributed by atoms with Crippen LogP contribution in [0.2, 0.25) is 0 Å². The average molecular weight is 291 g/mol. The van der Waals surface area contributed by atoms with Crippen molar-refractivity contribution in [2.45, 2.75) is 10.3 Å². The van der Waals surface area contributed by atoms with Gasteiger partial charge in [-0.05, 0) is 11.8 Å². The van der Waals surface area contributed by atoms with Gasteiger partial charge in [0, 0.05) is 7.05 Å². The minimum atomic E-state index is 0.218. The molecule has 0 aliphatic rings. The summed E-state index contributed by atoms with van der Waals surface area (Å²) in [5.41, 5.74) is 2.38. The molecule has 3 aromatic rings. The van der Waals surface area contributed by atoms with Gasteiger partial charge >= 0.3 is 0 Å². The van der Waals surface area contributed by atoms with Crippen molar-refractivity contribution in [3.63, 3.8) is 0 Å². The van der Waals surface area contributed by atoms with Crippen molar-refractivity contribution in [1.82, 2.24) is 44.5 Å². The van der Waals surface area contributed by atoms with Crippen molar-refractivity contribution in [2.24, 2.45) is 12.9 Å². The maximum Gasteiger partial charge on any atom is 0.257 e. The van der Waals surface area contributed by atoms with Crippen molar-refractivity contribution in [3.8, 4) is 5.95 Å². The quantitative estimate of drug-likeness (QED) is 0.455. The molecule has 0 radical (unpaired) electrons. The molecular formula is C8H9N11S. The van der Waals surface area contributed by atoms with E-state index in [0.717, 1.165) is 0 Å². The first-order valence-corrected chi connectivity index (χ1v) is 6.17. The van der Waals surface area contributed by atoms with E-state index in [2.05, 4.69) is 40.5 Å². The molecule has 0 bridgehead atoms. The van der Waals surface area contributed by atoms with Crippen LogP contribution in [-0.2, 0) is 7.05 Å². The molecule has 0 saturated carbocycles. The van der Waals surface area contributed by atoms with Gasteiger partial charge in [-0.15, -0.1) is 0 Å². The fraction of sp³-hybridized carbons (Fsp3) is 0.125. The normalized spacial score (nSPS) is 10.7.